The van der Waals surface area contributed by atoms with Crippen molar-refractivity contribution in [1.29, 1.82) is 0 Å². The van der Waals surface area contributed by atoms with Crippen LogP contribution in [0.1, 0.15) is 35.1 Å². The molecule has 0 spiro atoms. The van der Waals surface area contributed by atoms with Crippen molar-refractivity contribution in [3.8, 4) is 5.69 Å². The van der Waals surface area contributed by atoms with Crippen LogP contribution in [-0.4, -0.2) is 52.0 Å². The zero-order valence-corrected chi connectivity index (χ0v) is 15.3. The van der Waals surface area contributed by atoms with Gasteiger partial charge in [0, 0.05) is 19.1 Å². The van der Waals surface area contributed by atoms with Gasteiger partial charge in [-0.25, -0.2) is 4.68 Å². The molecule has 25 heavy (non-hydrogen) atoms. The lowest BCUT2D eigenvalue weighted by Crippen LogP contribution is -2.37. The lowest BCUT2D eigenvalue weighted by molar-refractivity contribution is 0.0938. The molecular weight excluding hydrogens is 314 g/mol. The molecule has 0 aliphatic carbocycles. The van der Waals surface area contributed by atoms with Crippen molar-refractivity contribution in [2.24, 2.45) is 0 Å². The maximum absolute atomic E-state index is 12.6. The highest BCUT2D eigenvalue weighted by Crippen LogP contribution is 2.16. The van der Waals surface area contributed by atoms with Gasteiger partial charge in [-0.1, -0.05) is 23.4 Å². The molecule has 0 fully saturated rings. The summed E-state index contributed by atoms with van der Waals surface area (Å²) in [7, 11) is 2.10. The highest BCUT2D eigenvalue weighted by atomic mass is 16.2. The predicted octanol–water partition coefficient (Wildman–Crippen LogP) is 2.26. The summed E-state index contributed by atoms with van der Waals surface area (Å²) >= 11 is 0. The van der Waals surface area contributed by atoms with E-state index in [0.717, 1.165) is 36.5 Å². The number of carbonyl (C=O) groups excluding carboxylic acids is 1. The van der Waals surface area contributed by atoms with Crippen LogP contribution in [0.2, 0.25) is 0 Å². The summed E-state index contributed by atoms with van der Waals surface area (Å²) in [6.07, 6.45) is 3.18. The Labute approximate surface area is 148 Å². The van der Waals surface area contributed by atoms with Gasteiger partial charge in [0.05, 0.1) is 11.4 Å². The molecule has 1 aliphatic rings. The van der Waals surface area contributed by atoms with E-state index in [-0.39, 0.29) is 11.9 Å². The normalized spacial score (nSPS) is 16.4. The van der Waals surface area contributed by atoms with Crippen molar-refractivity contribution >= 4 is 5.91 Å². The summed E-state index contributed by atoms with van der Waals surface area (Å²) in [6, 6.07) is 7.99. The van der Waals surface area contributed by atoms with E-state index in [1.165, 1.54) is 5.57 Å². The van der Waals surface area contributed by atoms with Crippen molar-refractivity contribution in [3.05, 3.63) is 52.9 Å². The summed E-state index contributed by atoms with van der Waals surface area (Å²) in [5.74, 6) is -0.177. The van der Waals surface area contributed by atoms with Crippen molar-refractivity contribution in [3.63, 3.8) is 0 Å². The van der Waals surface area contributed by atoms with E-state index in [2.05, 4.69) is 33.7 Å². The zero-order chi connectivity index (χ0) is 18.0. The molecule has 0 bridgehead atoms. The quantitative estimate of drug-likeness (QED) is 0.868. The minimum Gasteiger partial charge on any atom is -0.344 e. The van der Waals surface area contributed by atoms with Crippen molar-refractivity contribution in [2.75, 3.05) is 20.1 Å². The van der Waals surface area contributed by atoms with Crippen molar-refractivity contribution in [2.45, 2.75) is 33.2 Å². The van der Waals surface area contributed by atoms with Gasteiger partial charge in [0.2, 0.25) is 0 Å². The fraction of sp³-hybridized carbons (Fsp3) is 0.421. The lowest BCUT2D eigenvalue weighted by atomic mass is 10.0. The molecular formula is C19H25N5O. The maximum Gasteiger partial charge on any atom is 0.274 e. The first-order valence-corrected chi connectivity index (χ1v) is 8.63. The van der Waals surface area contributed by atoms with E-state index < -0.39 is 0 Å². The number of hydrogen-bond donors (Lipinski definition) is 1. The Morgan fingerprint density at radius 1 is 1.32 bits per heavy atom. The first-order chi connectivity index (χ1) is 12.0. The average molecular weight is 339 g/mol. The van der Waals surface area contributed by atoms with E-state index in [1.54, 1.807) is 4.68 Å². The number of aromatic nitrogens is 3. The maximum atomic E-state index is 12.6. The summed E-state index contributed by atoms with van der Waals surface area (Å²) in [4.78, 5) is 14.9. The predicted molar refractivity (Wildman–Crippen MR) is 98.0 cm³/mol. The highest BCUT2D eigenvalue weighted by Gasteiger charge is 2.21. The third kappa shape index (κ3) is 3.79. The third-order valence-electron chi connectivity index (χ3n) is 4.71. The molecule has 1 amide bonds. The standard InChI is InChI=1S/C19H25N5O/c1-13-6-5-7-17(12-13)24-15(3)18(21-22-24)19(25)20-14(2)16-8-10-23(4)11-9-16/h5-8,12,14H,9-11H2,1-4H3,(H,20,25). The second-order valence-electron chi connectivity index (χ2n) is 6.76. The molecule has 1 atom stereocenters. The van der Waals surface area contributed by atoms with E-state index in [1.807, 2.05) is 45.0 Å². The molecule has 3 rings (SSSR count). The summed E-state index contributed by atoms with van der Waals surface area (Å²) in [5.41, 5.74) is 4.45. The van der Waals surface area contributed by atoms with E-state index >= 15 is 0 Å². The fourth-order valence-electron chi connectivity index (χ4n) is 3.08. The molecule has 1 unspecified atom stereocenters. The first-order valence-electron chi connectivity index (χ1n) is 8.63. The number of nitrogens with zero attached hydrogens (tertiary/aromatic N) is 4. The molecule has 132 valence electrons. The highest BCUT2D eigenvalue weighted by molar-refractivity contribution is 5.93. The lowest BCUT2D eigenvalue weighted by Gasteiger charge is -2.25. The molecule has 2 aromatic rings. The van der Waals surface area contributed by atoms with Gasteiger partial charge in [-0.3, -0.25) is 4.79 Å². The van der Waals surface area contributed by atoms with Crippen LogP contribution < -0.4 is 5.32 Å². The Hall–Kier alpha value is -2.47. The molecule has 0 saturated carbocycles. The van der Waals surface area contributed by atoms with Crippen LogP contribution >= 0.6 is 0 Å². The monoisotopic (exact) mass is 339 g/mol. The van der Waals surface area contributed by atoms with Gasteiger partial charge < -0.3 is 10.2 Å². The number of benzene rings is 1. The molecule has 1 aromatic carbocycles. The summed E-state index contributed by atoms with van der Waals surface area (Å²) in [6.45, 7) is 7.87. The van der Waals surface area contributed by atoms with Gasteiger partial charge in [0.1, 0.15) is 0 Å². The average Bonchev–Trinajstić information content (AvgIpc) is 2.97. The molecule has 1 N–H and O–H groups in total. The summed E-state index contributed by atoms with van der Waals surface area (Å²) < 4.78 is 1.71. The van der Waals surface area contributed by atoms with Gasteiger partial charge in [-0.2, -0.15) is 0 Å². The van der Waals surface area contributed by atoms with Crippen LogP contribution in [-0.2, 0) is 0 Å². The Bertz CT molecular complexity index is 808. The SMILES string of the molecule is Cc1cccc(-n2nnc(C(=O)NC(C)C3=CCN(C)CC3)c2C)c1. The van der Waals surface area contributed by atoms with Gasteiger partial charge in [0.15, 0.2) is 5.69 Å². The van der Waals surface area contributed by atoms with Crippen molar-refractivity contribution < 1.29 is 4.79 Å². The fourth-order valence-corrected chi connectivity index (χ4v) is 3.08. The van der Waals surface area contributed by atoms with E-state index in [9.17, 15) is 4.79 Å². The van der Waals surface area contributed by atoms with Crippen LogP contribution in [0.3, 0.4) is 0 Å². The smallest absolute Gasteiger partial charge is 0.274 e. The second kappa shape index (κ2) is 7.19. The molecule has 2 heterocycles. The molecule has 6 heteroatoms. The van der Waals surface area contributed by atoms with Crippen LogP contribution in [0, 0.1) is 13.8 Å². The van der Waals surface area contributed by atoms with Crippen LogP contribution in [0.5, 0.6) is 0 Å². The molecule has 1 aliphatic heterocycles. The van der Waals surface area contributed by atoms with E-state index in [0.29, 0.717) is 5.69 Å². The number of aryl methyl sites for hydroxylation is 1. The zero-order valence-electron chi connectivity index (χ0n) is 15.3. The van der Waals surface area contributed by atoms with Gasteiger partial charge in [-0.15, -0.1) is 5.10 Å². The number of likely N-dealkylation sites (N-methyl/N-ethyl adjacent to an activating group) is 1. The van der Waals surface area contributed by atoms with E-state index in [4.69, 9.17) is 0 Å². The third-order valence-corrected chi connectivity index (χ3v) is 4.71. The van der Waals surface area contributed by atoms with Crippen LogP contribution in [0.15, 0.2) is 35.9 Å². The molecule has 6 nitrogen and oxygen atoms in total. The molecule has 0 saturated heterocycles. The minimum atomic E-state index is -0.177. The Balaban J connectivity index is 1.75. The van der Waals surface area contributed by atoms with Crippen LogP contribution in [0.25, 0.3) is 5.69 Å². The largest absolute Gasteiger partial charge is 0.344 e. The molecule has 0 radical (unpaired) electrons. The minimum absolute atomic E-state index is 0.00437. The Morgan fingerprint density at radius 3 is 2.80 bits per heavy atom. The Morgan fingerprint density at radius 2 is 2.12 bits per heavy atom. The molecule has 1 aromatic heterocycles. The number of hydrogen-bond acceptors (Lipinski definition) is 4. The topological polar surface area (TPSA) is 63.1 Å². The van der Waals surface area contributed by atoms with Crippen LogP contribution in [0.4, 0.5) is 0 Å². The number of nitrogens with one attached hydrogen (secondary N) is 1. The second-order valence-corrected chi connectivity index (χ2v) is 6.76. The van der Waals surface area contributed by atoms with Crippen molar-refractivity contribution in [1.82, 2.24) is 25.2 Å². The Kier molecular flexibility index (Phi) is 4.99. The first kappa shape index (κ1) is 17.4. The number of amides is 1. The number of rotatable bonds is 4. The summed E-state index contributed by atoms with van der Waals surface area (Å²) in [5, 5.41) is 11.3. The van der Waals surface area contributed by atoms with Gasteiger partial charge in [0.25, 0.3) is 5.91 Å². The van der Waals surface area contributed by atoms with Gasteiger partial charge >= 0.3 is 0 Å². The van der Waals surface area contributed by atoms with Gasteiger partial charge in [-0.05, 0) is 57.5 Å². The number of carbonyl (C=O) groups is 1.